The van der Waals surface area contributed by atoms with Crippen LogP contribution in [0.5, 0.6) is 0 Å². The van der Waals surface area contributed by atoms with Gasteiger partial charge in [-0.1, -0.05) is 19.1 Å². The van der Waals surface area contributed by atoms with Crippen molar-refractivity contribution < 1.29 is 38.7 Å². The van der Waals surface area contributed by atoms with Gasteiger partial charge in [0.25, 0.3) is 0 Å². The summed E-state index contributed by atoms with van der Waals surface area (Å²) >= 11 is 0. The molecular weight excluding hydrogens is 540 g/mol. The maximum absolute atomic E-state index is 13.4. The molecule has 10 nitrogen and oxygen atoms in total. The SMILES string of the molecule is CCN1C[C@]2(COC(=O)c3ccccc3N)CC[C@H](OC)[C@]34[C@@H]5C[C@H]6[C@H](OC)[C@@H]5[C@](O)(C[C@@H]6OC)[C@](O)([C@H]13)[C@@H](OC)[C@H]24. The number of piperidine rings is 1. The van der Waals surface area contributed by atoms with Crippen molar-refractivity contribution in [1.82, 2.24) is 4.90 Å². The van der Waals surface area contributed by atoms with Crippen LogP contribution in [0.2, 0.25) is 0 Å². The van der Waals surface area contributed by atoms with Gasteiger partial charge in [-0.15, -0.1) is 0 Å². The summed E-state index contributed by atoms with van der Waals surface area (Å²) in [5, 5.41) is 26.3. The molecule has 5 aliphatic carbocycles. The highest BCUT2D eigenvalue weighted by molar-refractivity contribution is 5.95. The molecule has 232 valence electrons. The zero-order chi connectivity index (χ0) is 29.8. The Morgan fingerprint density at radius 2 is 1.86 bits per heavy atom. The Balaban J connectivity index is 1.41. The number of fused-ring (bicyclic) bond motifs is 2. The summed E-state index contributed by atoms with van der Waals surface area (Å²) in [7, 11) is 6.80. The van der Waals surface area contributed by atoms with E-state index < -0.39 is 40.1 Å². The van der Waals surface area contributed by atoms with E-state index in [-0.39, 0.29) is 48.6 Å². The number of benzene rings is 1. The van der Waals surface area contributed by atoms with E-state index in [0.29, 0.717) is 30.8 Å². The van der Waals surface area contributed by atoms with Crippen LogP contribution in [0.4, 0.5) is 5.69 Å². The summed E-state index contributed by atoms with van der Waals surface area (Å²) in [4.78, 5) is 15.7. The van der Waals surface area contributed by atoms with Crippen LogP contribution in [0.3, 0.4) is 0 Å². The maximum atomic E-state index is 13.4. The average molecular weight is 587 g/mol. The van der Waals surface area contributed by atoms with Gasteiger partial charge in [0, 0.05) is 75.7 Å². The van der Waals surface area contributed by atoms with Gasteiger partial charge in [0.05, 0.1) is 42.6 Å². The average Bonchev–Trinajstić information content (AvgIpc) is 3.41. The normalized spacial score (nSPS) is 50.1. The Morgan fingerprint density at radius 1 is 1.10 bits per heavy atom. The summed E-state index contributed by atoms with van der Waals surface area (Å²) in [5.41, 5.74) is 2.65. The minimum absolute atomic E-state index is 0.00697. The molecular formula is C32H46N2O8. The molecule has 42 heavy (non-hydrogen) atoms. The zero-order valence-electron chi connectivity index (χ0n) is 25.3. The number of nitrogens with zero attached hydrogens (tertiary/aromatic N) is 1. The lowest BCUT2D eigenvalue weighted by atomic mass is 9.42. The number of aliphatic hydroxyl groups is 2. The fraction of sp³-hybridized carbons (Fsp3) is 0.781. The first-order chi connectivity index (χ1) is 20.1. The van der Waals surface area contributed by atoms with Crippen molar-refractivity contribution in [3.05, 3.63) is 29.8 Å². The molecule has 7 bridgehead atoms. The van der Waals surface area contributed by atoms with Gasteiger partial charge in [0.1, 0.15) is 11.2 Å². The van der Waals surface area contributed by atoms with Crippen LogP contribution in [0, 0.1) is 34.5 Å². The standard InChI is InChI=1S/C32H46N2O8/c1-6-34-15-29(16-42-27(35)17-9-7-8-10-20(17)33)12-11-22(39-3)31-19-13-18-21(38-2)14-30(36,23(19)24(18)40-4)32(37,28(31)34)26(41-5)25(29)31/h7-10,18-19,21-26,28,36-37H,6,11-16,33H2,1-5H3/t18-,19-,21+,22+,23-,24+,25-,26+,28-,29+,30-,31+,32-/m1/s1. The summed E-state index contributed by atoms with van der Waals surface area (Å²) < 4.78 is 31.1. The predicted octanol–water partition coefficient (Wildman–Crippen LogP) is 1.72. The van der Waals surface area contributed by atoms with E-state index in [2.05, 4.69) is 11.8 Å². The predicted molar refractivity (Wildman–Crippen MR) is 153 cm³/mol. The number of hydrogen-bond donors (Lipinski definition) is 3. The van der Waals surface area contributed by atoms with Crippen LogP contribution in [-0.2, 0) is 23.7 Å². The Bertz CT molecular complexity index is 1250. The summed E-state index contributed by atoms with van der Waals surface area (Å²) in [5.74, 6) is -0.892. The fourth-order valence-electron chi connectivity index (χ4n) is 12.0. The summed E-state index contributed by atoms with van der Waals surface area (Å²) in [6.45, 7) is 3.54. The van der Waals surface area contributed by atoms with Crippen LogP contribution in [0.25, 0.3) is 0 Å². The minimum Gasteiger partial charge on any atom is -0.461 e. The second-order valence-electron chi connectivity index (χ2n) is 13.8. The number of anilines is 1. The van der Waals surface area contributed by atoms with Crippen LogP contribution in [0.1, 0.15) is 43.0 Å². The van der Waals surface area contributed by atoms with Crippen molar-refractivity contribution in [3.8, 4) is 0 Å². The molecule has 1 aromatic rings. The number of nitrogen functional groups attached to an aromatic ring is 1. The van der Waals surface area contributed by atoms with Crippen molar-refractivity contribution in [2.75, 3.05) is 53.9 Å². The van der Waals surface area contributed by atoms with E-state index in [1.165, 1.54) is 0 Å². The number of likely N-dealkylation sites (N-methyl/N-ethyl adjacent to an activating group) is 1. The van der Waals surface area contributed by atoms with E-state index in [9.17, 15) is 15.0 Å². The Labute approximate surface area is 247 Å². The molecule has 10 heteroatoms. The van der Waals surface area contributed by atoms with Crippen LogP contribution < -0.4 is 5.73 Å². The number of para-hydroxylation sites is 1. The van der Waals surface area contributed by atoms with Crippen molar-refractivity contribution in [2.24, 2.45) is 34.5 Å². The Kier molecular flexibility index (Phi) is 6.62. The molecule has 6 aliphatic rings. The van der Waals surface area contributed by atoms with Crippen molar-refractivity contribution in [1.29, 1.82) is 0 Å². The number of rotatable bonds is 8. The van der Waals surface area contributed by atoms with Crippen LogP contribution in [-0.4, -0.2) is 111 Å². The molecule has 1 aliphatic heterocycles. The molecule has 0 amide bonds. The fourth-order valence-corrected chi connectivity index (χ4v) is 12.0. The lowest BCUT2D eigenvalue weighted by Crippen LogP contribution is -2.82. The molecule has 5 saturated carbocycles. The van der Waals surface area contributed by atoms with Gasteiger partial charge < -0.3 is 39.6 Å². The van der Waals surface area contributed by atoms with Gasteiger partial charge in [0.2, 0.25) is 0 Å². The summed E-state index contributed by atoms with van der Waals surface area (Å²) in [6.07, 6.45) is 1.22. The number of nitrogens with two attached hydrogens (primary N) is 1. The number of carbonyl (C=O) groups is 1. The van der Waals surface area contributed by atoms with Crippen molar-refractivity contribution in [2.45, 2.75) is 74.3 Å². The van der Waals surface area contributed by atoms with E-state index >= 15 is 0 Å². The first kappa shape index (κ1) is 29.0. The van der Waals surface area contributed by atoms with Gasteiger partial charge in [-0.3, -0.25) is 4.90 Å². The quantitative estimate of drug-likeness (QED) is 0.306. The molecule has 13 atom stereocenters. The first-order valence-corrected chi connectivity index (χ1v) is 15.5. The molecule has 7 rings (SSSR count). The van der Waals surface area contributed by atoms with Gasteiger partial charge >= 0.3 is 5.97 Å². The molecule has 4 N–H and O–H groups in total. The molecule has 1 spiro atoms. The number of esters is 1. The van der Waals surface area contributed by atoms with Gasteiger partial charge in [0.15, 0.2) is 0 Å². The highest BCUT2D eigenvalue weighted by Gasteiger charge is 2.91. The highest BCUT2D eigenvalue weighted by Crippen LogP contribution is 2.80. The third-order valence-corrected chi connectivity index (χ3v) is 13.0. The van der Waals surface area contributed by atoms with Crippen LogP contribution in [0.15, 0.2) is 24.3 Å². The zero-order valence-corrected chi connectivity index (χ0v) is 25.3. The lowest BCUT2D eigenvalue weighted by Gasteiger charge is -2.70. The molecule has 0 unspecified atom stereocenters. The third kappa shape index (κ3) is 3.12. The lowest BCUT2D eigenvalue weighted by molar-refractivity contribution is -0.320. The molecule has 6 fully saturated rings. The maximum Gasteiger partial charge on any atom is 0.340 e. The van der Waals surface area contributed by atoms with E-state index in [4.69, 9.17) is 29.4 Å². The number of carbonyl (C=O) groups excluding carboxylic acids is 1. The second kappa shape index (κ2) is 9.60. The molecule has 1 aromatic carbocycles. The topological polar surface area (TPSA) is 133 Å². The Morgan fingerprint density at radius 3 is 2.50 bits per heavy atom. The van der Waals surface area contributed by atoms with Crippen LogP contribution >= 0.6 is 0 Å². The summed E-state index contributed by atoms with van der Waals surface area (Å²) in [6, 6.07) is 6.55. The van der Waals surface area contributed by atoms with Crippen molar-refractivity contribution >= 4 is 11.7 Å². The first-order valence-electron chi connectivity index (χ1n) is 15.5. The molecule has 0 radical (unpaired) electrons. The smallest absolute Gasteiger partial charge is 0.340 e. The van der Waals surface area contributed by atoms with Gasteiger partial charge in [-0.2, -0.15) is 0 Å². The number of ether oxygens (including phenoxy) is 5. The molecule has 1 saturated heterocycles. The third-order valence-electron chi connectivity index (χ3n) is 13.0. The van der Waals surface area contributed by atoms with Gasteiger partial charge in [-0.25, -0.2) is 4.79 Å². The second-order valence-corrected chi connectivity index (χ2v) is 13.8. The van der Waals surface area contributed by atoms with E-state index in [1.807, 2.05) is 0 Å². The largest absolute Gasteiger partial charge is 0.461 e. The minimum atomic E-state index is -1.62. The van der Waals surface area contributed by atoms with Gasteiger partial charge in [-0.05, 0) is 43.9 Å². The van der Waals surface area contributed by atoms with E-state index in [0.717, 1.165) is 19.3 Å². The number of likely N-dealkylation sites (tertiary alicyclic amines) is 1. The molecule has 0 aromatic heterocycles. The number of methoxy groups -OCH3 is 4. The number of hydrogen-bond acceptors (Lipinski definition) is 10. The van der Waals surface area contributed by atoms with E-state index in [1.54, 1.807) is 52.7 Å². The molecule has 1 heterocycles. The van der Waals surface area contributed by atoms with Crippen molar-refractivity contribution in [3.63, 3.8) is 0 Å². The monoisotopic (exact) mass is 586 g/mol. The highest BCUT2D eigenvalue weighted by atomic mass is 16.5. The Hall–Kier alpha value is -1.79.